The maximum absolute atomic E-state index is 12.2. The van der Waals surface area contributed by atoms with E-state index in [2.05, 4.69) is 14.7 Å². The number of hydrogen-bond donors (Lipinski definition) is 1. The van der Waals surface area contributed by atoms with E-state index in [9.17, 15) is 8.42 Å². The Morgan fingerprint density at radius 2 is 2.00 bits per heavy atom. The van der Waals surface area contributed by atoms with Gasteiger partial charge < -0.3 is 4.74 Å². The fraction of sp³-hybridized carbons (Fsp3) is 0.200. The van der Waals surface area contributed by atoms with Crippen LogP contribution in [0.2, 0.25) is 9.49 Å². The van der Waals surface area contributed by atoms with Crippen molar-refractivity contribution in [1.29, 1.82) is 0 Å². The van der Waals surface area contributed by atoms with Crippen LogP contribution in [0.1, 0.15) is 5.56 Å². The van der Waals surface area contributed by atoms with Crippen molar-refractivity contribution in [2.45, 2.75) is 11.1 Å². The van der Waals surface area contributed by atoms with Gasteiger partial charge in [0.1, 0.15) is 9.36 Å². The highest BCUT2D eigenvalue weighted by molar-refractivity contribution is 7.94. The van der Waals surface area contributed by atoms with E-state index in [1.54, 1.807) is 6.92 Å². The van der Waals surface area contributed by atoms with E-state index in [-0.39, 0.29) is 21.2 Å². The van der Waals surface area contributed by atoms with Crippen molar-refractivity contribution in [3.63, 3.8) is 0 Å². The number of rotatable bonds is 4. The zero-order chi connectivity index (χ0) is 14.9. The molecule has 0 bridgehead atoms. The van der Waals surface area contributed by atoms with Gasteiger partial charge in [0.15, 0.2) is 0 Å². The molecule has 108 valence electrons. The summed E-state index contributed by atoms with van der Waals surface area (Å²) in [5.41, 5.74) is 0.682. The number of methoxy groups -OCH3 is 1. The monoisotopic (exact) mass is 353 g/mol. The fourth-order valence-corrected chi connectivity index (χ4v) is 4.11. The lowest BCUT2D eigenvalue weighted by Crippen LogP contribution is -2.14. The third kappa shape index (κ3) is 3.32. The van der Waals surface area contributed by atoms with Gasteiger partial charge in [0.25, 0.3) is 10.0 Å². The molecule has 2 aromatic heterocycles. The summed E-state index contributed by atoms with van der Waals surface area (Å²) < 4.78 is 31.9. The van der Waals surface area contributed by atoms with Crippen molar-refractivity contribution in [3.05, 3.63) is 27.2 Å². The summed E-state index contributed by atoms with van der Waals surface area (Å²) in [7, 11) is -2.42. The molecule has 0 radical (unpaired) electrons. The van der Waals surface area contributed by atoms with Crippen molar-refractivity contribution in [2.75, 3.05) is 11.8 Å². The standard InChI is InChI=1S/C10H9Cl2N3O3S2/c1-5-3-8(19-9(5)12)20(16,17)15-10-13-6(11)4-7(14-10)18-2/h3-4H,1-2H3,(H,13,14,15). The van der Waals surface area contributed by atoms with Crippen LogP contribution in [0.25, 0.3) is 0 Å². The minimum absolute atomic E-state index is 0.0648. The van der Waals surface area contributed by atoms with Crippen LogP contribution < -0.4 is 9.46 Å². The Hall–Kier alpha value is -1.09. The summed E-state index contributed by atoms with van der Waals surface area (Å²) in [6, 6.07) is 2.84. The molecule has 0 aliphatic rings. The first-order valence-electron chi connectivity index (χ1n) is 5.19. The first-order chi connectivity index (χ1) is 9.31. The Labute approximate surface area is 129 Å². The molecule has 0 aliphatic carbocycles. The second-order valence-electron chi connectivity index (χ2n) is 3.68. The fourth-order valence-electron chi connectivity index (χ4n) is 1.28. The average molecular weight is 354 g/mol. The highest BCUT2D eigenvalue weighted by Crippen LogP contribution is 2.31. The lowest BCUT2D eigenvalue weighted by molar-refractivity contribution is 0.397. The predicted octanol–water partition coefficient (Wildman–Crippen LogP) is 2.96. The van der Waals surface area contributed by atoms with Gasteiger partial charge in [0.05, 0.1) is 11.4 Å². The Balaban J connectivity index is 2.35. The van der Waals surface area contributed by atoms with Gasteiger partial charge >= 0.3 is 0 Å². The zero-order valence-electron chi connectivity index (χ0n) is 10.3. The largest absolute Gasteiger partial charge is 0.481 e. The molecule has 0 aliphatic heterocycles. The third-order valence-corrected chi connectivity index (χ3v) is 5.76. The molecule has 20 heavy (non-hydrogen) atoms. The number of anilines is 1. The normalized spacial score (nSPS) is 11.4. The lowest BCUT2D eigenvalue weighted by atomic mass is 10.4. The average Bonchev–Trinajstić information content (AvgIpc) is 2.69. The number of nitrogens with zero attached hydrogens (tertiary/aromatic N) is 2. The molecular weight excluding hydrogens is 345 g/mol. The smallest absolute Gasteiger partial charge is 0.273 e. The molecule has 10 heteroatoms. The maximum atomic E-state index is 12.2. The molecule has 1 N–H and O–H groups in total. The summed E-state index contributed by atoms with van der Waals surface area (Å²) in [5.74, 6) is -0.0142. The molecule has 0 unspecified atom stereocenters. The number of halogens is 2. The van der Waals surface area contributed by atoms with Gasteiger partial charge in [0.2, 0.25) is 11.8 Å². The molecule has 0 spiro atoms. The number of thiophene rings is 1. The third-order valence-electron chi connectivity index (χ3n) is 2.21. The highest BCUT2D eigenvalue weighted by atomic mass is 35.5. The summed E-state index contributed by atoms with van der Waals surface area (Å²) >= 11 is 12.6. The van der Waals surface area contributed by atoms with Gasteiger partial charge in [-0.2, -0.15) is 4.98 Å². The van der Waals surface area contributed by atoms with Crippen molar-refractivity contribution in [1.82, 2.24) is 9.97 Å². The van der Waals surface area contributed by atoms with E-state index in [0.29, 0.717) is 9.90 Å². The van der Waals surface area contributed by atoms with Crippen LogP contribution in [-0.4, -0.2) is 25.5 Å². The topological polar surface area (TPSA) is 81.2 Å². The maximum Gasteiger partial charge on any atom is 0.273 e. The molecule has 6 nitrogen and oxygen atoms in total. The minimum Gasteiger partial charge on any atom is -0.481 e. The van der Waals surface area contributed by atoms with Gasteiger partial charge in [0, 0.05) is 6.07 Å². The predicted molar refractivity (Wildman–Crippen MR) is 78.5 cm³/mol. The van der Waals surface area contributed by atoms with Crippen LogP contribution in [0.15, 0.2) is 16.3 Å². The van der Waals surface area contributed by atoms with Gasteiger partial charge in [-0.05, 0) is 18.6 Å². The molecule has 0 fully saturated rings. The van der Waals surface area contributed by atoms with E-state index >= 15 is 0 Å². The van der Waals surface area contributed by atoms with Crippen LogP contribution in [0, 0.1) is 6.92 Å². The Kier molecular flexibility index (Phi) is 4.38. The lowest BCUT2D eigenvalue weighted by Gasteiger charge is -2.06. The van der Waals surface area contributed by atoms with Gasteiger partial charge in [-0.15, -0.1) is 11.3 Å². The number of nitrogens with one attached hydrogen (secondary N) is 1. The van der Waals surface area contributed by atoms with E-state index in [1.165, 1.54) is 19.2 Å². The Morgan fingerprint density at radius 3 is 2.55 bits per heavy atom. The van der Waals surface area contributed by atoms with E-state index < -0.39 is 10.0 Å². The number of aryl methyl sites for hydroxylation is 1. The van der Waals surface area contributed by atoms with Gasteiger partial charge in [-0.1, -0.05) is 23.2 Å². The van der Waals surface area contributed by atoms with Crippen molar-refractivity contribution < 1.29 is 13.2 Å². The van der Waals surface area contributed by atoms with Crippen molar-refractivity contribution >= 4 is 50.5 Å². The van der Waals surface area contributed by atoms with Crippen LogP contribution in [0.3, 0.4) is 0 Å². The molecular formula is C10H9Cl2N3O3S2. The molecule has 0 atom stereocenters. The molecule has 0 saturated carbocycles. The quantitative estimate of drug-likeness (QED) is 0.854. The summed E-state index contributed by atoms with van der Waals surface area (Å²) in [4.78, 5) is 7.63. The summed E-state index contributed by atoms with van der Waals surface area (Å²) in [6.07, 6.45) is 0. The minimum atomic E-state index is -3.81. The zero-order valence-corrected chi connectivity index (χ0v) is 13.5. The summed E-state index contributed by atoms with van der Waals surface area (Å²) in [6.45, 7) is 1.72. The second kappa shape index (κ2) is 5.72. The van der Waals surface area contributed by atoms with Crippen LogP contribution in [0.5, 0.6) is 5.88 Å². The number of hydrogen-bond acceptors (Lipinski definition) is 6. The molecule has 0 aromatic carbocycles. The van der Waals surface area contributed by atoms with E-state index in [4.69, 9.17) is 27.9 Å². The van der Waals surface area contributed by atoms with Gasteiger partial charge in [-0.3, -0.25) is 0 Å². The van der Waals surface area contributed by atoms with Crippen molar-refractivity contribution in [3.8, 4) is 5.88 Å². The first kappa shape index (κ1) is 15.3. The molecule has 2 rings (SSSR count). The SMILES string of the molecule is COc1cc(Cl)nc(NS(=O)(=O)c2cc(C)c(Cl)s2)n1. The van der Waals surface area contributed by atoms with E-state index in [1.807, 2.05) is 0 Å². The Morgan fingerprint density at radius 1 is 1.30 bits per heavy atom. The molecule has 2 aromatic rings. The highest BCUT2D eigenvalue weighted by Gasteiger charge is 2.20. The number of ether oxygens (including phenoxy) is 1. The second-order valence-corrected chi connectivity index (χ2v) is 7.64. The number of sulfonamides is 1. The van der Waals surface area contributed by atoms with Crippen molar-refractivity contribution in [2.24, 2.45) is 0 Å². The van der Waals surface area contributed by atoms with E-state index in [0.717, 1.165) is 11.3 Å². The van der Waals surface area contributed by atoms with Crippen LogP contribution >= 0.6 is 34.5 Å². The Bertz CT molecular complexity index is 727. The molecule has 2 heterocycles. The van der Waals surface area contributed by atoms with Crippen LogP contribution in [0.4, 0.5) is 5.95 Å². The van der Waals surface area contributed by atoms with Gasteiger partial charge in [-0.25, -0.2) is 18.1 Å². The molecule has 0 saturated heterocycles. The first-order valence-corrected chi connectivity index (χ1v) is 8.24. The molecule has 0 amide bonds. The van der Waals surface area contributed by atoms with Crippen LogP contribution in [-0.2, 0) is 10.0 Å². The summed E-state index contributed by atoms with van der Waals surface area (Å²) in [5, 5.41) is 0.0648. The number of aromatic nitrogens is 2.